The number of hydrogen-bond acceptors (Lipinski definition) is 6. The lowest BCUT2D eigenvalue weighted by atomic mass is 10.2. The number of nitrogens with zero attached hydrogens (tertiary/aromatic N) is 5. The topological polar surface area (TPSA) is 99.6 Å². The van der Waals surface area contributed by atoms with E-state index in [9.17, 15) is 13.6 Å². The molecule has 0 saturated carbocycles. The first-order chi connectivity index (χ1) is 13.0. The van der Waals surface area contributed by atoms with Crippen molar-refractivity contribution in [3.05, 3.63) is 53.1 Å². The number of nitrogens with two attached hydrogens (primary N) is 1. The molecule has 27 heavy (non-hydrogen) atoms. The maximum Gasteiger partial charge on any atom is 0.265 e. The number of alkyl halides is 2. The fourth-order valence-electron chi connectivity index (χ4n) is 2.90. The number of thiazole rings is 1. The lowest BCUT2D eigenvalue weighted by Gasteiger charge is -2.12. The number of aryl methyl sites for hydroxylation is 1. The Kier molecular flexibility index (Phi) is 4.11. The third kappa shape index (κ3) is 2.83. The van der Waals surface area contributed by atoms with Crippen LogP contribution < -0.4 is 5.73 Å². The SMILES string of the molecule is Cc1nc(-c2nccs2)nc(-n2cc(C(F)F)c3ccncc32)c1C(N)=O. The van der Waals surface area contributed by atoms with Crippen LogP contribution in [0, 0.1) is 6.92 Å². The molecule has 1 amide bonds. The summed E-state index contributed by atoms with van der Waals surface area (Å²) in [5, 5.41) is 2.63. The average Bonchev–Trinajstić information content (AvgIpc) is 3.28. The van der Waals surface area contributed by atoms with E-state index >= 15 is 0 Å². The van der Waals surface area contributed by atoms with Gasteiger partial charge in [-0.05, 0) is 13.0 Å². The molecule has 0 aromatic carbocycles. The van der Waals surface area contributed by atoms with E-state index in [0.717, 1.165) is 0 Å². The van der Waals surface area contributed by atoms with E-state index < -0.39 is 12.3 Å². The molecule has 0 radical (unpaired) electrons. The normalized spacial score (nSPS) is 11.4. The number of pyridine rings is 1. The average molecular weight is 386 g/mol. The van der Waals surface area contributed by atoms with Gasteiger partial charge in [-0.1, -0.05) is 0 Å². The smallest absolute Gasteiger partial charge is 0.265 e. The van der Waals surface area contributed by atoms with Crippen molar-refractivity contribution < 1.29 is 13.6 Å². The quantitative estimate of drug-likeness (QED) is 0.580. The highest BCUT2D eigenvalue weighted by Gasteiger charge is 2.23. The number of fused-ring (bicyclic) bond motifs is 1. The van der Waals surface area contributed by atoms with Crippen molar-refractivity contribution >= 4 is 28.1 Å². The van der Waals surface area contributed by atoms with Gasteiger partial charge in [0, 0.05) is 34.9 Å². The summed E-state index contributed by atoms with van der Waals surface area (Å²) in [4.78, 5) is 28.9. The molecule has 0 spiro atoms. The van der Waals surface area contributed by atoms with E-state index in [0.29, 0.717) is 21.6 Å². The highest BCUT2D eigenvalue weighted by atomic mass is 32.1. The van der Waals surface area contributed by atoms with Gasteiger partial charge >= 0.3 is 0 Å². The van der Waals surface area contributed by atoms with Gasteiger partial charge in [-0.3, -0.25) is 14.3 Å². The highest BCUT2D eigenvalue weighted by Crippen LogP contribution is 2.32. The minimum absolute atomic E-state index is 0.0527. The molecule has 2 N–H and O–H groups in total. The van der Waals surface area contributed by atoms with Crippen molar-refractivity contribution in [3.63, 3.8) is 0 Å². The standard InChI is InChI=1S/C17H12F2N6OS/c1-8-12(14(20)26)16(24-15(23-8)17-22-4-5-27-17)25-7-10(13(18)19)9-2-3-21-6-11(9)25/h2-7,13H,1H3,(H2,20,26). The molecule has 0 fully saturated rings. The zero-order valence-electron chi connectivity index (χ0n) is 13.9. The van der Waals surface area contributed by atoms with Crippen molar-refractivity contribution in [2.75, 3.05) is 0 Å². The van der Waals surface area contributed by atoms with E-state index in [1.165, 1.54) is 40.6 Å². The Hall–Kier alpha value is -3.27. The third-order valence-corrected chi connectivity index (χ3v) is 4.81. The Bertz CT molecular complexity index is 1160. The molecule has 0 aliphatic heterocycles. The van der Waals surface area contributed by atoms with Gasteiger partial charge in [0.2, 0.25) is 0 Å². The van der Waals surface area contributed by atoms with Crippen molar-refractivity contribution in [2.24, 2.45) is 5.73 Å². The monoisotopic (exact) mass is 386 g/mol. The first-order valence-electron chi connectivity index (χ1n) is 7.79. The second kappa shape index (κ2) is 6.47. The fourth-order valence-corrected chi connectivity index (χ4v) is 3.47. The molecule has 0 saturated heterocycles. The van der Waals surface area contributed by atoms with Gasteiger partial charge in [0.05, 0.1) is 17.4 Å². The molecule has 4 aromatic rings. The van der Waals surface area contributed by atoms with Crippen LogP contribution in [-0.4, -0.2) is 30.4 Å². The summed E-state index contributed by atoms with van der Waals surface area (Å²) in [7, 11) is 0. The Morgan fingerprint density at radius 3 is 2.78 bits per heavy atom. The Morgan fingerprint density at radius 1 is 1.30 bits per heavy atom. The molecule has 4 rings (SSSR count). The Balaban J connectivity index is 2.06. The summed E-state index contributed by atoms with van der Waals surface area (Å²) in [6.07, 6.45) is 3.02. The lowest BCUT2D eigenvalue weighted by Crippen LogP contribution is -2.19. The van der Waals surface area contributed by atoms with E-state index in [1.807, 2.05) is 0 Å². The van der Waals surface area contributed by atoms with Crippen LogP contribution in [0.15, 0.2) is 36.2 Å². The first-order valence-corrected chi connectivity index (χ1v) is 8.67. The molecule has 0 bridgehead atoms. The Morgan fingerprint density at radius 2 is 2.11 bits per heavy atom. The maximum atomic E-state index is 13.5. The fraction of sp³-hybridized carbons (Fsp3) is 0.118. The van der Waals surface area contributed by atoms with Crippen LogP contribution in [0.1, 0.15) is 28.0 Å². The van der Waals surface area contributed by atoms with Gasteiger partial charge in [0.25, 0.3) is 12.3 Å². The minimum Gasteiger partial charge on any atom is -0.365 e. The minimum atomic E-state index is -2.70. The number of rotatable bonds is 4. The maximum absolute atomic E-state index is 13.5. The zero-order chi connectivity index (χ0) is 19.1. The highest BCUT2D eigenvalue weighted by molar-refractivity contribution is 7.13. The zero-order valence-corrected chi connectivity index (χ0v) is 14.7. The molecule has 7 nitrogen and oxygen atoms in total. The van der Waals surface area contributed by atoms with Gasteiger partial charge in [-0.25, -0.2) is 23.7 Å². The number of hydrogen-bond donors (Lipinski definition) is 1. The van der Waals surface area contributed by atoms with Crippen molar-refractivity contribution in [1.29, 1.82) is 0 Å². The van der Waals surface area contributed by atoms with E-state index in [1.54, 1.807) is 18.5 Å². The molecule has 0 atom stereocenters. The largest absolute Gasteiger partial charge is 0.365 e. The van der Waals surface area contributed by atoms with Crippen molar-refractivity contribution in [2.45, 2.75) is 13.3 Å². The predicted molar refractivity (Wildman–Crippen MR) is 96.0 cm³/mol. The number of amides is 1. The second-order valence-corrected chi connectivity index (χ2v) is 6.58. The molecule has 10 heteroatoms. The van der Waals surface area contributed by atoms with Crippen LogP contribution in [-0.2, 0) is 0 Å². The molecule has 4 aromatic heterocycles. The van der Waals surface area contributed by atoms with E-state index in [4.69, 9.17) is 5.73 Å². The van der Waals surface area contributed by atoms with Crippen LogP contribution in [0.4, 0.5) is 8.78 Å². The molecular weight excluding hydrogens is 374 g/mol. The van der Waals surface area contributed by atoms with E-state index in [-0.39, 0.29) is 22.8 Å². The number of primary amides is 1. The molecular formula is C17H12F2N6OS. The third-order valence-electron chi connectivity index (χ3n) is 4.04. The number of carbonyl (C=O) groups excluding carboxylic acids is 1. The summed E-state index contributed by atoms with van der Waals surface area (Å²) in [5.74, 6) is -0.352. The van der Waals surface area contributed by atoms with Crippen LogP contribution in [0.2, 0.25) is 0 Å². The van der Waals surface area contributed by atoms with Crippen molar-refractivity contribution in [1.82, 2.24) is 24.5 Å². The summed E-state index contributed by atoms with van der Waals surface area (Å²) in [6.45, 7) is 1.61. The van der Waals surface area contributed by atoms with Crippen LogP contribution in [0.5, 0.6) is 0 Å². The molecule has 0 aliphatic rings. The van der Waals surface area contributed by atoms with Gasteiger partial charge in [0.15, 0.2) is 16.6 Å². The van der Waals surface area contributed by atoms with Crippen LogP contribution >= 0.6 is 11.3 Å². The van der Waals surface area contributed by atoms with Gasteiger partial charge in [-0.15, -0.1) is 11.3 Å². The number of halogens is 2. The Labute approximate surface area is 155 Å². The summed E-state index contributed by atoms with van der Waals surface area (Å²) < 4.78 is 28.4. The molecule has 136 valence electrons. The molecule has 4 heterocycles. The molecule has 0 unspecified atom stereocenters. The van der Waals surface area contributed by atoms with E-state index in [2.05, 4.69) is 19.9 Å². The van der Waals surface area contributed by atoms with Crippen molar-refractivity contribution in [3.8, 4) is 16.6 Å². The van der Waals surface area contributed by atoms with Gasteiger partial charge in [0.1, 0.15) is 5.56 Å². The molecule has 0 aliphatic carbocycles. The van der Waals surface area contributed by atoms with Gasteiger partial charge in [-0.2, -0.15) is 0 Å². The predicted octanol–water partition coefficient (Wildman–Crippen LogP) is 3.28. The van der Waals surface area contributed by atoms with Crippen LogP contribution in [0.3, 0.4) is 0 Å². The summed E-state index contributed by atoms with van der Waals surface area (Å²) in [6, 6.07) is 1.49. The number of carbonyl (C=O) groups is 1. The first kappa shape index (κ1) is 17.2. The van der Waals surface area contributed by atoms with Gasteiger partial charge < -0.3 is 5.73 Å². The summed E-state index contributed by atoms with van der Waals surface area (Å²) >= 11 is 1.32. The number of aromatic nitrogens is 5. The lowest BCUT2D eigenvalue weighted by molar-refractivity contribution is 0.0999. The summed E-state index contributed by atoms with van der Waals surface area (Å²) in [5.41, 5.74) is 6.11. The second-order valence-electron chi connectivity index (χ2n) is 5.68. The van der Waals surface area contributed by atoms with Crippen LogP contribution in [0.25, 0.3) is 27.6 Å².